The smallest absolute Gasteiger partial charge is 0.0488 e. The number of benzene rings is 1. The average molecular weight is 247 g/mol. The van der Waals surface area contributed by atoms with E-state index in [2.05, 4.69) is 50.4 Å². The molecule has 0 saturated carbocycles. The second kappa shape index (κ2) is 5.85. The molecule has 0 aromatic heterocycles. The van der Waals surface area contributed by atoms with Crippen molar-refractivity contribution in [3.05, 3.63) is 35.4 Å². The molecule has 100 valence electrons. The summed E-state index contributed by atoms with van der Waals surface area (Å²) in [5, 5.41) is 3.41. The SMILES string of the molecule is Cc1cccc(C2(CCOCC(C)C)CNC2)c1. The van der Waals surface area contributed by atoms with E-state index in [1.165, 1.54) is 11.1 Å². The van der Waals surface area contributed by atoms with Crippen LogP contribution in [0.15, 0.2) is 24.3 Å². The molecule has 1 aromatic rings. The van der Waals surface area contributed by atoms with E-state index >= 15 is 0 Å². The molecule has 1 heterocycles. The van der Waals surface area contributed by atoms with Crippen LogP contribution >= 0.6 is 0 Å². The molecule has 1 aliphatic heterocycles. The summed E-state index contributed by atoms with van der Waals surface area (Å²) in [7, 11) is 0. The molecular formula is C16H25NO. The van der Waals surface area contributed by atoms with E-state index < -0.39 is 0 Å². The molecule has 2 heteroatoms. The largest absolute Gasteiger partial charge is 0.381 e. The van der Waals surface area contributed by atoms with Crippen LogP contribution in [-0.2, 0) is 10.2 Å². The van der Waals surface area contributed by atoms with Gasteiger partial charge in [0, 0.05) is 31.7 Å². The summed E-state index contributed by atoms with van der Waals surface area (Å²) in [6.07, 6.45) is 1.12. The number of nitrogens with one attached hydrogen (secondary N) is 1. The van der Waals surface area contributed by atoms with Crippen LogP contribution in [0.1, 0.15) is 31.4 Å². The van der Waals surface area contributed by atoms with Gasteiger partial charge in [0.05, 0.1) is 0 Å². The molecule has 0 aliphatic carbocycles. The molecule has 0 bridgehead atoms. The highest BCUT2D eigenvalue weighted by molar-refractivity contribution is 5.33. The van der Waals surface area contributed by atoms with Crippen LogP contribution in [0.3, 0.4) is 0 Å². The monoisotopic (exact) mass is 247 g/mol. The Balaban J connectivity index is 1.94. The fourth-order valence-electron chi connectivity index (χ4n) is 2.51. The quantitative estimate of drug-likeness (QED) is 0.780. The number of aryl methyl sites for hydroxylation is 1. The second-order valence-corrected chi connectivity index (χ2v) is 5.97. The number of hydrogen-bond acceptors (Lipinski definition) is 2. The van der Waals surface area contributed by atoms with Crippen molar-refractivity contribution in [3.8, 4) is 0 Å². The minimum absolute atomic E-state index is 0.309. The van der Waals surface area contributed by atoms with Crippen molar-refractivity contribution in [1.82, 2.24) is 5.32 Å². The van der Waals surface area contributed by atoms with Crippen LogP contribution < -0.4 is 5.32 Å². The highest BCUT2D eigenvalue weighted by Crippen LogP contribution is 2.32. The molecule has 0 unspecified atom stereocenters. The molecule has 1 N–H and O–H groups in total. The number of hydrogen-bond donors (Lipinski definition) is 1. The highest BCUT2D eigenvalue weighted by atomic mass is 16.5. The van der Waals surface area contributed by atoms with Gasteiger partial charge in [0.2, 0.25) is 0 Å². The molecule has 2 nitrogen and oxygen atoms in total. The fourth-order valence-corrected chi connectivity index (χ4v) is 2.51. The zero-order valence-corrected chi connectivity index (χ0v) is 11.8. The molecule has 1 saturated heterocycles. The van der Waals surface area contributed by atoms with Gasteiger partial charge in [0.15, 0.2) is 0 Å². The van der Waals surface area contributed by atoms with Crippen LogP contribution in [0, 0.1) is 12.8 Å². The Labute approximate surface area is 111 Å². The van der Waals surface area contributed by atoms with E-state index in [1.54, 1.807) is 0 Å². The van der Waals surface area contributed by atoms with Gasteiger partial charge in [-0.15, -0.1) is 0 Å². The maximum atomic E-state index is 5.75. The molecular weight excluding hydrogens is 222 g/mol. The fraction of sp³-hybridized carbons (Fsp3) is 0.625. The highest BCUT2D eigenvalue weighted by Gasteiger charge is 2.38. The van der Waals surface area contributed by atoms with Crippen molar-refractivity contribution in [1.29, 1.82) is 0 Å². The van der Waals surface area contributed by atoms with Crippen molar-refractivity contribution in [2.45, 2.75) is 32.6 Å². The summed E-state index contributed by atoms with van der Waals surface area (Å²) in [5.74, 6) is 0.624. The van der Waals surface area contributed by atoms with E-state index in [9.17, 15) is 0 Å². The zero-order chi connectivity index (χ0) is 13.0. The van der Waals surface area contributed by atoms with Crippen LogP contribution in [0.25, 0.3) is 0 Å². The third kappa shape index (κ3) is 3.12. The average Bonchev–Trinajstić information content (AvgIpc) is 2.26. The molecule has 1 fully saturated rings. The van der Waals surface area contributed by atoms with Gasteiger partial charge in [-0.25, -0.2) is 0 Å². The second-order valence-electron chi connectivity index (χ2n) is 5.97. The lowest BCUT2D eigenvalue weighted by molar-refractivity contribution is 0.0816. The summed E-state index contributed by atoms with van der Waals surface area (Å²) in [6.45, 7) is 10.5. The summed E-state index contributed by atoms with van der Waals surface area (Å²) < 4.78 is 5.75. The molecule has 0 spiro atoms. The van der Waals surface area contributed by atoms with Gasteiger partial charge in [-0.2, -0.15) is 0 Å². The minimum Gasteiger partial charge on any atom is -0.381 e. The van der Waals surface area contributed by atoms with Crippen molar-refractivity contribution in [3.63, 3.8) is 0 Å². The first-order valence-corrected chi connectivity index (χ1v) is 6.98. The zero-order valence-electron chi connectivity index (χ0n) is 11.8. The van der Waals surface area contributed by atoms with Gasteiger partial charge in [-0.3, -0.25) is 0 Å². The predicted molar refractivity (Wildman–Crippen MR) is 76.0 cm³/mol. The molecule has 2 rings (SSSR count). The van der Waals surface area contributed by atoms with Crippen molar-refractivity contribution in [2.75, 3.05) is 26.3 Å². The summed E-state index contributed by atoms with van der Waals surface area (Å²) >= 11 is 0. The summed E-state index contributed by atoms with van der Waals surface area (Å²) in [4.78, 5) is 0. The van der Waals surface area contributed by atoms with Crippen molar-refractivity contribution < 1.29 is 4.74 Å². The van der Waals surface area contributed by atoms with Crippen LogP contribution in [-0.4, -0.2) is 26.3 Å². The number of ether oxygens (including phenoxy) is 1. The van der Waals surface area contributed by atoms with Crippen molar-refractivity contribution in [2.24, 2.45) is 5.92 Å². The topological polar surface area (TPSA) is 21.3 Å². The lowest BCUT2D eigenvalue weighted by Crippen LogP contribution is -2.57. The Kier molecular flexibility index (Phi) is 4.41. The normalized spacial score (nSPS) is 17.8. The van der Waals surface area contributed by atoms with Gasteiger partial charge >= 0.3 is 0 Å². The Morgan fingerprint density at radius 3 is 2.67 bits per heavy atom. The van der Waals surface area contributed by atoms with E-state index in [0.717, 1.165) is 32.7 Å². The first-order chi connectivity index (χ1) is 8.62. The third-order valence-corrected chi connectivity index (χ3v) is 3.73. The van der Waals surface area contributed by atoms with Gasteiger partial charge in [0.25, 0.3) is 0 Å². The molecule has 0 amide bonds. The summed E-state index contributed by atoms with van der Waals surface area (Å²) in [5.41, 5.74) is 3.12. The van der Waals surface area contributed by atoms with Gasteiger partial charge < -0.3 is 10.1 Å². The van der Waals surface area contributed by atoms with E-state index in [0.29, 0.717) is 11.3 Å². The lowest BCUT2D eigenvalue weighted by atomic mass is 9.72. The van der Waals surface area contributed by atoms with Crippen LogP contribution in [0.5, 0.6) is 0 Å². The standard InChI is InChI=1S/C16H25NO/c1-13(2)10-18-8-7-16(11-17-12-16)15-6-4-5-14(3)9-15/h4-6,9,13,17H,7-8,10-12H2,1-3H3. The van der Waals surface area contributed by atoms with Gasteiger partial charge in [-0.1, -0.05) is 43.7 Å². The molecule has 18 heavy (non-hydrogen) atoms. The van der Waals surface area contributed by atoms with Crippen LogP contribution in [0.2, 0.25) is 0 Å². The van der Waals surface area contributed by atoms with Gasteiger partial charge in [0.1, 0.15) is 0 Å². The Bertz CT molecular complexity index is 382. The van der Waals surface area contributed by atoms with Crippen molar-refractivity contribution >= 4 is 0 Å². The Morgan fingerprint density at radius 2 is 2.11 bits per heavy atom. The first kappa shape index (κ1) is 13.6. The maximum absolute atomic E-state index is 5.75. The molecule has 0 atom stereocenters. The minimum atomic E-state index is 0.309. The van der Waals surface area contributed by atoms with Crippen LogP contribution in [0.4, 0.5) is 0 Å². The first-order valence-electron chi connectivity index (χ1n) is 6.98. The third-order valence-electron chi connectivity index (χ3n) is 3.73. The molecule has 1 aliphatic rings. The molecule has 1 aromatic carbocycles. The van der Waals surface area contributed by atoms with Gasteiger partial charge in [-0.05, 0) is 24.8 Å². The van der Waals surface area contributed by atoms with E-state index in [4.69, 9.17) is 4.74 Å². The predicted octanol–water partition coefficient (Wildman–Crippen LogP) is 2.90. The maximum Gasteiger partial charge on any atom is 0.0488 e. The van der Waals surface area contributed by atoms with E-state index in [-0.39, 0.29) is 0 Å². The van der Waals surface area contributed by atoms with E-state index in [1.807, 2.05) is 0 Å². The Morgan fingerprint density at radius 1 is 1.33 bits per heavy atom. The number of rotatable bonds is 6. The lowest BCUT2D eigenvalue weighted by Gasteiger charge is -2.43. The Hall–Kier alpha value is -0.860. The summed E-state index contributed by atoms with van der Waals surface area (Å²) in [6, 6.07) is 8.91. The molecule has 0 radical (unpaired) electrons.